The summed E-state index contributed by atoms with van der Waals surface area (Å²) in [6.45, 7) is 0.595. The van der Waals surface area contributed by atoms with Crippen LogP contribution in [0.3, 0.4) is 0 Å². The van der Waals surface area contributed by atoms with Crippen molar-refractivity contribution in [2.24, 2.45) is 5.92 Å². The fraction of sp³-hybridized carbons (Fsp3) is 0.462. The molecule has 1 aliphatic heterocycles. The van der Waals surface area contributed by atoms with E-state index in [1.54, 1.807) is 0 Å². The zero-order chi connectivity index (χ0) is 14.8. The molecule has 0 aromatic heterocycles. The second kappa shape index (κ2) is 7.09. The Morgan fingerprint density at radius 2 is 1.76 bits per heavy atom. The van der Waals surface area contributed by atoms with Crippen molar-refractivity contribution >= 4 is 28.3 Å². The molecule has 21 heavy (non-hydrogen) atoms. The number of carbonyl (C=O) groups is 1. The zero-order valence-corrected chi connectivity index (χ0v) is 12.8. The highest BCUT2D eigenvalue weighted by Crippen LogP contribution is 2.22. The molecule has 0 saturated carbocycles. The first-order chi connectivity index (χ1) is 9.38. The molecule has 1 amide bonds. The average molecular weight is 337 g/mol. The number of sulfone groups is 1. The number of benzene rings is 1. The summed E-state index contributed by atoms with van der Waals surface area (Å²) in [5.41, 5.74) is 0. The number of carbonyl (C=O) groups excluding carboxylic acids is 1. The number of piperidine rings is 1. The molecule has 8 heteroatoms. The molecule has 0 atom stereocenters. The Morgan fingerprint density at radius 1 is 1.24 bits per heavy atom. The molecule has 1 fully saturated rings. The van der Waals surface area contributed by atoms with E-state index in [0.29, 0.717) is 25.9 Å². The van der Waals surface area contributed by atoms with Crippen molar-refractivity contribution in [3.8, 4) is 0 Å². The fourth-order valence-electron chi connectivity index (χ4n) is 2.33. The first kappa shape index (κ1) is 17.7. The summed E-state index contributed by atoms with van der Waals surface area (Å²) in [5, 5.41) is 10.7. The van der Waals surface area contributed by atoms with Gasteiger partial charge in [-0.25, -0.2) is 12.8 Å². The lowest BCUT2D eigenvalue weighted by Gasteiger charge is -2.33. The third-order valence-corrected chi connectivity index (χ3v) is 5.40. The summed E-state index contributed by atoms with van der Waals surface area (Å²) in [4.78, 5) is 11.9. The molecule has 5 nitrogen and oxygen atoms in total. The van der Waals surface area contributed by atoms with Crippen LogP contribution in [0, 0.1) is 11.7 Å². The lowest BCUT2D eigenvalue weighted by atomic mass is 9.99. The summed E-state index contributed by atoms with van der Waals surface area (Å²) >= 11 is 0. The summed E-state index contributed by atoms with van der Waals surface area (Å²) < 4.78 is 37.1. The van der Waals surface area contributed by atoms with Crippen LogP contribution >= 0.6 is 12.4 Å². The maximum Gasteiger partial charge on any atom is 0.178 e. The van der Waals surface area contributed by atoms with E-state index < -0.39 is 21.7 Å². The van der Waals surface area contributed by atoms with Crippen molar-refractivity contribution < 1.29 is 22.7 Å². The van der Waals surface area contributed by atoms with Crippen molar-refractivity contribution in [2.45, 2.75) is 17.7 Å². The Kier molecular flexibility index (Phi) is 5.98. The molecular formula is C13H16ClFNO4S-. The van der Waals surface area contributed by atoms with Gasteiger partial charge in [-0.15, -0.1) is 12.4 Å². The van der Waals surface area contributed by atoms with Crippen LogP contribution in [-0.4, -0.2) is 38.3 Å². The van der Waals surface area contributed by atoms with Crippen LogP contribution in [0.2, 0.25) is 0 Å². The van der Waals surface area contributed by atoms with Gasteiger partial charge in [-0.2, -0.15) is 0 Å². The van der Waals surface area contributed by atoms with Crippen LogP contribution in [0.5, 0.6) is 0 Å². The van der Waals surface area contributed by atoms with Crippen LogP contribution in [0.1, 0.15) is 12.8 Å². The molecule has 1 saturated heterocycles. The van der Waals surface area contributed by atoms with E-state index in [1.807, 2.05) is 0 Å². The molecule has 0 radical (unpaired) electrons. The Balaban J connectivity index is 0.00000220. The van der Waals surface area contributed by atoms with Crippen molar-refractivity contribution in [3.63, 3.8) is 0 Å². The highest BCUT2D eigenvalue weighted by Gasteiger charge is 2.25. The third-order valence-electron chi connectivity index (χ3n) is 3.50. The Morgan fingerprint density at radius 3 is 2.24 bits per heavy atom. The number of carboxylic acid groups (broad SMARTS) is 1. The highest BCUT2D eigenvalue weighted by molar-refractivity contribution is 7.91. The number of likely N-dealkylation sites (tertiary alicyclic amines) is 1. The van der Waals surface area contributed by atoms with Crippen LogP contribution < -0.4 is 5.11 Å². The largest absolute Gasteiger partial charge is 0.530 e. The van der Waals surface area contributed by atoms with Gasteiger partial charge in [0.05, 0.1) is 10.6 Å². The highest BCUT2D eigenvalue weighted by atomic mass is 35.5. The van der Waals surface area contributed by atoms with Crippen LogP contribution in [-0.2, 0) is 9.84 Å². The van der Waals surface area contributed by atoms with Gasteiger partial charge in [-0.3, -0.25) is 0 Å². The predicted molar refractivity (Wildman–Crippen MR) is 75.4 cm³/mol. The summed E-state index contributed by atoms with van der Waals surface area (Å²) in [6, 6.07) is 4.74. The molecule has 2 rings (SSSR count). The number of amides is 1. The molecule has 0 spiro atoms. The van der Waals surface area contributed by atoms with Gasteiger partial charge in [-0.05, 0) is 43.0 Å². The smallest absolute Gasteiger partial charge is 0.178 e. The van der Waals surface area contributed by atoms with E-state index in [4.69, 9.17) is 0 Å². The molecule has 118 valence electrons. The molecule has 1 aromatic rings. The molecule has 1 heterocycles. The number of hydrogen-bond acceptors (Lipinski definition) is 4. The minimum Gasteiger partial charge on any atom is -0.530 e. The van der Waals surface area contributed by atoms with Crippen LogP contribution in [0.25, 0.3) is 0 Å². The van der Waals surface area contributed by atoms with Crippen LogP contribution in [0.4, 0.5) is 9.18 Å². The number of halogens is 2. The number of rotatable bonds is 3. The Bertz CT molecular complexity index is 583. The minimum atomic E-state index is -3.46. The predicted octanol–water partition coefficient (Wildman–Crippen LogP) is 1.08. The van der Waals surface area contributed by atoms with E-state index in [9.17, 15) is 22.7 Å². The van der Waals surface area contributed by atoms with Gasteiger partial charge >= 0.3 is 0 Å². The summed E-state index contributed by atoms with van der Waals surface area (Å²) in [5.74, 6) is -0.605. The van der Waals surface area contributed by atoms with Crippen LogP contribution in [0.15, 0.2) is 29.2 Å². The minimum absolute atomic E-state index is 0. The number of hydrogen-bond donors (Lipinski definition) is 0. The van der Waals surface area contributed by atoms with E-state index in [1.165, 1.54) is 17.0 Å². The average Bonchev–Trinajstić information content (AvgIpc) is 2.39. The maximum absolute atomic E-state index is 12.8. The van der Waals surface area contributed by atoms with Crippen molar-refractivity contribution in [3.05, 3.63) is 30.1 Å². The molecule has 0 unspecified atom stereocenters. The van der Waals surface area contributed by atoms with Gasteiger partial charge in [-0.1, -0.05) is 0 Å². The van der Waals surface area contributed by atoms with Crippen molar-refractivity contribution in [2.75, 3.05) is 18.8 Å². The SMILES string of the molecule is Cl.O=C([O-])N1CCC(CS(=O)(=O)c2ccc(F)cc2)CC1. The third kappa shape index (κ3) is 4.57. The summed E-state index contributed by atoms with van der Waals surface area (Å²) in [6.07, 6.45) is -0.229. The number of nitrogens with zero attached hydrogens (tertiary/aromatic N) is 1. The lowest BCUT2D eigenvalue weighted by molar-refractivity contribution is -0.266. The molecule has 1 aromatic carbocycles. The van der Waals surface area contributed by atoms with Gasteiger partial charge in [0.25, 0.3) is 0 Å². The monoisotopic (exact) mass is 336 g/mol. The van der Waals surface area contributed by atoms with Crippen molar-refractivity contribution in [1.29, 1.82) is 0 Å². The second-order valence-corrected chi connectivity index (χ2v) is 6.97. The van der Waals surface area contributed by atoms with E-state index in [-0.39, 0.29) is 29.0 Å². The van der Waals surface area contributed by atoms with Gasteiger partial charge in [0.15, 0.2) is 9.84 Å². The zero-order valence-electron chi connectivity index (χ0n) is 11.2. The lowest BCUT2D eigenvalue weighted by Crippen LogP contribution is -2.46. The summed E-state index contributed by atoms with van der Waals surface area (Å²) in [7, 11) is -3.46. The molecule has 0 aliphatic carbocycles. The Labute approximate surface area is 129 Å². The quantitative estimate of drug-likeness (QED) is 0.774. The molecule has 0 bridgehead atoms. The van der Waals surface area contributed by atoms with E-state index in [2.05, 4.69) is 0 Å². The first-order valence-corrected chi connectivity index (χ1v) is 7.98. The van der Waals surface area contributed by atoms with Crippen molar-refractivity contribution in [1.82, 2.24) is 4.90 Å². The molecule has 1 aliphatic rings. The molecular weight excluding hydrogens is 321 g/mol. The van der Waals surface area contributed by atoms with Gasteiger partial charge < -0.3 is 14.8 Å². The van der Waals surface area contributed by atoms with Gasteiger partial charge in [0.1, 0.15) is 11.9 Å². The first-order valence-electron chi connectivity index (χ1n) is 6.33. The normalized spacial score (nSPS) is 16.3. The van der Waals surface area contributed by atoms with Gasteiger partial charge in [0.2, 0.25) is 0 Å². The fourth-order valence-corrected chi connectivity index (χ4v) is 4.03. The topological polar surface area (TPSA) is 77.5 Å². The maximum atomic E-state index is 12.8. The molecule has 0 N–H and O–H groups in total. The van der Waals surface area contributed by atoms with E-state index in [0.717, 1.165) is 12.1 Å². The second-order valence-electron chi connectivity index (χ2n) is 4.93. The van der Waals surface area contributed by atoms with Gasteiger partial charge in [0, 0.05) is 13.1 Å². The van der Waals surface area contributed by atoms with E-state index >= 15 is 0 Å². The standard InChI is InChI=1S/C13H16FNO4S.ClH/c14-11-1-3-12(4-2-11)20(18,19)9-10-5-7-15(8-6-10)13(16)17;/h1-4,10H,5-9H2,(H,16,17);1H/p-1. The Hall–Kier alpha value is -1.34.